The van der Waals surface area contributed by atoms with Crippen molar-refractivity contribution in [2.75, 3.05) is 18.0 Å². The molecule has 2 fully saturated rings. The van der Waals surface area contributed by atoms with Crippen LogP contribution in [0.1, 0.15) is 47.7 Å². The minimum Gasteiger partial charge on any atom is -0.352 e. The second kappa shape index (κ2) is 5.30. The molecule has 0 radical (unpaired) electrons. The first-order valence-corrected chi connectivity index (χ1v) is 8.38. The van der Waals surface area contributed by atoms with Crippen molar-refractivity contribution in [3.05, 3.63) is 35.0 Å². The van der Waals surface area contributed by atoms with Crippen molar-refractivity contribution in [1.29, 1.82) is 0 Å². The molecule has 1 aliphatic carbocycles. The quantitative estimate of drug-likeness (QED) is 0.936. The molecule has 2 aromatic rings. The maximum absolute atomic E-state index is 5.91. The van der Waals surface area contributed by atoms with Gasteiger partial charge in [-0.15, -0.1) is 0 Å². The number of hydrogen-bond donors (Lipinski definition) is 1. The minimum atomic E-state index is 0.346. The predicted molar refractivity (Wildman–Crippen MR) is 89.7 cm³/mol. The molecule has 3 heterocycles. The first-order chi connectivity index (χ1) is 11.0. The molecule has 0 unspecified atom stereocenters. The summed E-state index contributed by atoms with van der Waals surface area (Å²) < 4.78 is 2.14. The summed E-state index contributed by atoms with van der Waals surface area (Å²) in [7, 11) is 0. The van der Waals surface area contributed by atoms with Crippen LogP contribution < -0.4 is 10.6 Å². The molecule has 1 saturated heterocycles. The van der Waals surface area contributed by atoms with Crippen LogP contribution in [0.15, 0.2) is 12.1 Å². The van der Waals surface area contributed by atoms with Gasteiger partial charge < -0.3 is 10.6 Å². The number of nitrogens with two attached hydrogens (primary N) is 1. The molecule has 23 heavy (non-hydrogen) atoms. The lowest BCUT2D eigenvalue weighted by molar-refractivity contribution is 0.342. The summed E-state index contributed by atoms with van der Waals surface area (Å²) in [5.41, 5.74) is 9.39. The van der Waals surface area contributed by atoms with Gasteiger partial charge in [-0.1, -0.05) is 0 Å². The van der Waals surface area contributed by atoms with Crippen LogP contribution >= 0.6 is 0 Å². The zero-order valence-electron chi connectivity index (χ0n) is 14.0. The van der Waals surface area contributed by atoms with Gasteiger partial charge in [-0.25, -0.2) is 9.97 Å². The summed E-state index contributed by atoms with van der Waals surface area (Å²) in [5.74, 6) is 2.41. The fraction of sp³-hybridized carbons (Fsp3) is 0.588. The normalized spacial score (nSPS) is 24.4. The number of aromatic nitrogens is 4. The van der Waals surface area contributed by atoms with E-state index in [-0.39, 0.29) is 0 Å². The first-order valence-electron chi connectivity index (χ1n) is 8.38. The highest BCUT2D eigenvalue weighted by molar-refractivity contribution is 5.44. The van der Waals surface area contributed by atoms with Gasteiger partial charge >= 0.3 is 0 Å². The number of rotatable bonds is 3. The number of aryl methyl sites for hydroxylation is 3. The van der Waals surface area contributed by atoms with Gasteiger partial charge in [-0.3, -0.25) is 4.68 Å². The first kappa shape index (κ1) is 14.6. The summed E-state index contributed by atoms with van der Waals surface area (Å²) >= 11 is 0. The second-order valence-corrected chi connectivity index (χ2v) is 7.06. The van der Waals surface area contributed by atoms with Crippen LogP contribution in [0.2, 0.25) is 0 Å². The van der Waals surface area contributed by atoms with Gasteiger partial charge in [-0.2, -0.15) is 5.10 Å². The zero-order valence-corrected chi connectivity index (χ0v) is 14.0. The standard InChI is InChI=1S/C17H24N6/c1-10-4-11(2)23(21-10)15-8-22(9-15)17-7-16(19-12(3)20-17)13-5-14(18)6-13/h4,7,13-15H,5-6,8-9,18H2,1-3H3. The molecule has 0 aromatic carbocycles. The average molecular weight is 312 g/mol. The van der Waals surface area contributed by atoms with Crippen LogP contribution in [0, 0.1) is 20.8 Å². The van der Waals surface area contributed by atoms with Crippen molar-refractivity contribution in [2.45, 2.75) is 51.6 Å². The molecule has 6 heteroatoms. The lowest BCUT2D eigenvalue weighted by Gasteiger charge is -2.41. The van der Waals surface area contributed by atoms with Gasteiger partial charge in [-0.05, 0) is 39.7 Å². The van der Waals surface area contributed by atoms with E-state index in [2.05, 4.69) is 43.7 Å². The Labute approximate surface area is 136 Å². The second-order valence-electron chi connectivity index (χ2n) is 7.06. The highest BCUT2D eigenvalue weighted by Crippen LogP contribution is 2.36. The van der Waals surface area contributed by atoms with Crippen molar-refractivity contribution in [2.24, 2.45) is 5.73 Å². The molecular weight excluding hydrogens is 288 g/mol. The minimum absolute atomic E-state index is 0.346. The monoisotopic (exact) mass is 312 g/mol. The number of anilines is 1. The zero-order chi connectivity index (χ0) is 16.1. The third kappa shape index (κ3) is 2.61. The van der Waals surface area contributed by atoms with Crippen LogP contribution in [0.3, 0.4) is 0 Å². The smallest absolute Gasteiger partial charge is 0.132 e. The summed E-state index contributed by atoms with van der Waals surface area (Å²) in [4.78, 5) is 11.6. The maximum Gasteiger partial charge on any atom is 0.132 e. The van der Waals surface area contributed by atoms with Crippen LogP contribution in [0.5, 0.6) is 0 Å². The van der Waals surface area contributed by atoms with E-state index in [4.69, 9.17) is 5.73 Å². The lowest BCUT2D eigenvalue weighted by atomic mass is 9.78. The van der Waals surface area contributed by atoms with Crippen LogP contribution in [0.4, 0.5) is 5.82 Å². The van der Waals surface area contributed by atoms with Crippen molar-refractivity contribution >= 4 is 5.82 Å². The van der Waals surface area contributed by atoms with E-state index in [0.717, 1.165) is 49.0 Å². The van der Waals surface area contributed by atoms with Gasteiger partial charge in [0.1, 0.15) is 11.6 Å². The predicted octanol–water partition coefficient (Wildman–Crippen LogP) is 1.86. The van der Waals surface area contributed by atoms with Crippen LogP contribution in [0.25, 0.3) is 0 Å². The molecule has 0 bridgehead atoms. The largest absolute Gasteiger partial charge is 0.352 e. The SMILES string of the molecule is Cc1cc(C)n(C2CN(c3cc(C4CC(N)C4)nc(C)n3)C2)n1. The fourth-order valence-corrected chi connectivity index (χ4v) is 3.66. The van der Waals surface area contributed by atoms with Crippen molar-refractivity contribution < 1.29 is 0 Å². The Morgan fingerprint density at radius 3 is 2.43 bits per heavy atom. The Kier molecular flexibility index (Phi) is 3.37. The Hall–Kier alpha value is -1.95. The van der Waals surface area contributed by atoms with E-state index in [1.807, 2.05) is 13.8 Å². The van der Waals surface area contributed by atoms with Crippen LogP contribution in [-0.4, -0.2) is 38.9 Å². The molecule has 0 amide bonds. The Balaban J connectivity index is 1.48. The molecule has 1 aliphatic heterocycles. The van der Waals surface area contributed by atoms with E-state index in [9.17, 15) is 0 Å². The van der Waals surface area contributed by atoms with E-state index in [0.29, 0.717) is 18.0 Å². The summed E-state index contributed by atoms with van der Waals surface area (Å²) in [6, 6.07) is 5.08. The Morgan fingerprint density at radius 2 is 1.83 bits per heavy atom. The topological polar surface area (TPSA) is 72.9 Å². The van der Waals surface area contributed by atoms with Crippen LogP contribution in [-0.2, 0) is 0 Å². The van der Waals surface area contributed by atoms with E-state index >= 15 is 0 Å². The molecule has 6 nitrogen and oxygen atoms in total. The van der Waals surface area contributed by atoms with Gasteiger partial charge in [0, 0.05) is 42.5 Å². The molecule has 0 spiro atoms. The molecule has 2 aromatic heterocycles. The molecule has 1 saturated carbocycles. The van der Waals surface area contributed by atoms with E-state index in [1.54, 1.807) is 0 Å². The van der Waals surface area contributed by atoms with E-state index < -0.39 is 0 Å². The third-order valence-electron chi connectivity index (χ3n) is 5.01. The van der Waals surface area contributed by atoms with Gasteiger partial charge in [0.25, 0.3) is 0 Å². The third-order valence-corrected chi connectivity index (χ3v) is 5.01. The number of nitrogens with zero attached hydrogens (tertiary/aromatic N) is 5. The fourth-order valence-electron chi connectivity index (χ4n) is 3.66. The van der Waals surface area contributed by atoms with Gasteiger partial charge in [0.2, 0.25) is 0 Å². The Bertz CT molecular complexity index is 725. The molecule has 122 valence electrons. The van der Waals surface area contributed by atoms with Crippen molar-refractivity contribution in [1.82, 2.24) is 19.7 Å². The molecule has 4 rings (SSSR count). The lowest BCUT2D eigenvalue weighted by Crippen LogP contribution is -2.49. The van der Waals surface area contributed by atoms with Crippen molar-refractivity contribution in [3.63, 3.8) is 0 Å². The summed E-state index contributed by atoms with van der Waals surface area (Å²) in [6.45, 7) is 8.06. The summed E-state index contributed by atoms with van der Waals surface area (Å²) in [6.07, 6.45) is 2.09. The maximum atomic E-state index is 5.91. The Morgan fingerprint density at radius 1 is 1.09 bits per heavy atom. The van der Waals surface area contributed by atoms with E-state index in [1.165, 1.54) is 5.69 Å². The van der Waals surface area contributed by atoms with Gasteiger partial charge in [0.05, 0.1) is 11.7 Å². The molecule has 2 aliphatic rings. The summed E-state index contributed by atoms with van der Waals surface area (Å²) in [5, 5.41) is 4.60. The molecule has 2 N–H and O–H groups in total. The number of hydrogen-bond acceptors (Lipinski definition) is 5. The molecule has 0 atom stereocenters. The highest BCUT2D eigenvalue weighted by atomic mass is 15.4. The highest BCUT2D eigenvalue weighted by Gasteiger charge is 2.33. The van der Waals surface area contributed by atoms with Crippen molar-refractivity contribution in [3.8, 4) is 0 Å². The average Bonchev–Trinajstić information content (AvgIpc) is 2.72. The van der Waals surface area contributed by atoms with Gasteiger partial charge in [0.15, 0.2) is 0 Å². The molecular formula is C17H24N6.